The Morgan fingerprint density at radius 1 is 1.14 bits per heavy atom. The molecule has 0 saturated carbocycles. The van der Waals surface area contributed by atoms with Crippen molar-refractivity contribution in [2.45, 2.75) is 47.3 Å². The van der Waals surface area contributed by atoms with Crippen LogP contribution in [0, 0.1) is 13.8 Å². The second-order valence-corrected chi connectivity index (χ2v) is 6.95. The topological polar surface area (TPSA) is 91.0 Å². The minimum absolute atomic E-state index is 0.0830. The number of benzene rings is 1. The van der Waals surface area contributed by atoms with E-state index in [-0.39, 0.29) is 17.7 Å². The number of esters is 1. The number of ether oxygens (including phenoxy) is 1. The number of para-hydroxylation sites is 1. The summed E-state index contributed by atoms with van der Waals surface area (Å²) in [7, 11) is 0. The standard InChI is InChI=1S/C21H25N5O3/c1-6-25-12-17(19(24-25)21(28)29-13(2)3)22-20(27)18-14(4)23-26(15(18)5)16-10-8-7-9-11-16/h7-13H,6H2,1-5H3,(H,22,27). The molecule has 1 amide bonds. The van der Waals surface area contributed by atoms with Crippen LogP contribution in [0.15, 0.2) is 36.5 Å². The van der Waals surface area contributed by atoms with E-state index < -0.39 is 5.97 Å². The molecule has 0 aliphatic rings. The van der Waals surface area contributed by atoms with Gasteiger partial charge in [0.2, 0.25) is 0 Å². The van der Waals surface area contributed by atoms with E-state index in [1.54, 1.807) is 36.3 Å². The van der Waals surface area contributed by atoms with Gasteiger partial charge in [0.05, 0.1) is 34.4 Å². The van der Waals surface area contributed by atoms with Crippen LogP contribution in [0.5, 0.6) is 0 Å². The molecule has 0 aliphatic heterocycles. The number of carbonyl (C=O) groups is 2. The van der Waals surface area contributed by atoms with Gasteiger partial charge in [0.1, 0.15) is 0 Å². The minimum atomic E-state index is -0.573. The molecular weight excluding hydrogens is 370 g/mol. The Balaban J connectivity index is 1.93. The number of aryl methyl sites for hydroxylation is 2. The van der Waals surface area contributed by atoms with Gasteiger partial charge in [0, 0.05) is 12.7 Å². The van der Waals surface area contributed by atoms with Crippen molar-refractivity contribution in [1.82, 2.24) is 19.6 Å². The normalized spacial score (nSPS) is 11.0. The molecule has 0 spiro atoms. The molecule has 8 heteroatoms. The van der Waals surface area contributed by atoms with Crippen LogP contribution in [0.25, 0.3) is 5.69 Å². The first-order valence-electron chi connectivity index (χ1n) is 9.53. The summed E-state index contributed by atoms with van der Waals surface area (Å²) in [6.07, 6.45) is 1.34. The number of nitrogens with zero attached hydrogens (tertiary/aromatic N) is 4. The van der Waals surface area contributed by atoms with Crippen molar-refractivity contribution in [2.24, 2.45) is 0 Å². The zero-order valence-electron chi connectivity index (χ0n) is 17.3. The largest absolute Gasteiger partial charge is 0.458 e. The van der Waals surface area contributed by atoms with Crippen LogP contribution in [0.3, 0.4) is 0 Å². The molecular formula is C21H25N5O3. The number of hydrogen-bond acceptors (Lipinski definition) is 5. The summed E-state index contributed by atoms with van der Waals surface area (Å²) in [4.78, 5) is 25.4. The maximum atomic E-state index is 13.0. The number of amides is 1. The van der Waals surface area contributed by atoms with E-state index in [9.17, 15) is 9.59 Å². The maximum absolute atomic E-state index is 13.0. The van der Waals surface area contributed by atoms with E-state index in [1.807, 2.05) is 44.2 Å². The molecule has 29 heavy (non-hydrogen) atoms. The lowest BCUT2D eigenvalue weighted by atomic mass is 10.1. The Morgan fingerprint density at radius 2 is 1.83 bits per heavy atom. The highest BCUT2D eigenvalue weighted by Gasteiger charge is 2.24. The van der Waals surface area contributed by atoms with Crippen LogP contribution in [-0.2, 0) is 11.3 Å². The van der Waals surface area contributed by atoms with Gasteiger partial charge in [-0.15, -0.1) is 0 Å². The van der Waals surface area contributed by atoms with Crippen molar-refractivity contribution in [3.8, 4) is 5.69 Å². The van der Waals surface area contributed by atoms with Gasteiger partial charge >= 0.3 is 5.97 Å². The molecule has 152 valence electrons. The molecule has 0 saturated heterocycles. The first-order chi connectivity index (χ1) is 13.8. The van der Waals surface area contributed by atoms with Crippen molar-refractivity contribution < 1.29 is 14.3 Å². The highest BCUT2D eigenvalue weighted by atomic mass is 16.5. The monoisotopic (exact) mass is 395 g/mol. The van der Waals surface area contributed by atoms with E-state index in [0.29, 0.717) is 29.2 Å². The fourth-order valence-corrected chi connectivity index (χ4v) is 3.07. The summed E-state index contributed by atoms with van der Waals surface area (Å²) >= 11 is 0. The van der Waals surface area contributed by atoms with Crippen molar-refractivity contribution in [1.29, 1.82) is 0 Å². The van der Waals surface area contributed by atoms with Crippen LogP contribution in [-0.4, -0.2) is 37.5 Å². The summed E-state index contributed by atoms with van der Waals surface area (Å²) in [5.74, 6) is -0.924. The Labute approximate surface area is 169 Å². The Hall–Kier alpha value is -3.42. The smallest absolute Gasteiger partial charge is 0.361 e. The van der Waals surface area contributed by atoms with Crippen LogP contribution in [0.1, 0.15) is 53.0 Å². The molecule has 1 N–H and O–H groups in total. The number of rotatable bonds is 6. The lowest BCUT2D eigenvalue weighted by Gasteiger charge is -2.08. The number of hydrogen-bond donors (Lipinski definition) is 1. The Kier molecular flexibility index (Phi) is 5.81. The molecule has 2 aromatic heterocycles. The van der Waals surface area contributed by atoms with E-state index >= 15 is 0 Å². The van der Waals surface area contributed by atoms with Crippen molar-refractivity contribution in [3.05, 3.63) is 59.2 Å². The highest BCUT2D eigenvalue weighted by molar-refractivity contribution is 6.08. The molecule has 8 nitrogen and oxygen atoms in total. The summed E-state index contributed by atoms with van der Waals surface area (Å²) in [6.45, 7) is 9.60. The molecule has 0 fully saturated rings. The number of nitrogens with one attached hydrogen (secondary N) is 1. The van der Waals surface area contributed by atoms with E-state index in [4.69, 9.17) is 4.74 Å². The fraction of sp³-hybridized carbons (Fsp3) is 0.333. The highest BCUT2D eigenvalue weighted by Crippen LogP contribution is 2.21. The van der Waals surface area contributed by atoms with Gasteiger partial charge < -0.3 is 10.1 Å². The molecule has 0 atom stereocenters. The van der Waals surface area contributed by atoms with Gasteiger partial charge in [-0.3, -0.25) is 9.48 Å². The van der Waals surface area contributed by atoms with Gasteiger partial charge in [-0.05, 0) is 46.8 Å². The number of carbonyl (C=O) groups excluding carboxylic acids is 2. The van der Waals surface area contributed by atoms with Gasteiger partial charge in [-0.2, -0.15) is 10.2 Å². The first-order valence-corrected chi connectivity index (χ1v) is 9.53. The van der Waals surface area contributed by atoms with E-state index in [2.05, 4.69) is 15.5 Å². The maximum Gasteiger partial charge on any atom is 0.361 e. The molecule has 3 aromatic rings. The van der Waals surface area contributed by atoms with Gasteiger partial charge in [0.15, 0.2) is 5.69 Å². The second-order valence-electron chi connectivity index (χ2n) is 6.95. The third-order valence-electron chi connectivity index (χ3n) is 4.39. The zero-order chi connectivity index (χ0) is 21.1. The SMILES string of the molecule is CCn1cc(NC(=O)c2c(C)nn(-c3ccccc3)c2C)c(C(=O)OC(C)C)n1. The molecule has 2 heterocycles. The molecule has 0 aliphatic carbocycles. The average molecular weight is 395 g/mol. The van der Waals surface area contributed by atoms with E-state index in [0.717, 1.165) is 5.69 Å². The third-order valence-corrected chi connectivity index (χ3v) is 4.39. The van der Waals surface area contributed by atoms with Crippen molar-refractivity contribution >= 4 is 17.6 Å². The predicted octanol–water partition coefficient (Wildman–Crippen LogP) is 3.52. The lowest BCUT2D eigenvalue weighted by Crippen LogP contribution is -2.18. The molecule has 0 bridgehead atoms. The number of anilines is 1. The molecule has 0 radical (unpaired) electrons. The summed E-state index contributed by atoms with van der Waals surface area (Å²) in [6, 6.07) is 9.60. The lowest BCUT2D eigenvalue weighted by molar-refractivity contribution is 0.0371. The predicted molar refractivity (Wildman–Crippen MR) is 109 cm³/mol. The Morgan fingerprint density at radius 3 is 2.45 bits per heavy atom. The van der Waals surface area contributed by atoms with Gasteiger partial charge in [-0.25, -0.2) is 9.48 Å². The molecule has 3 rings (SSSR count). The Bertz CT molecular complexity index is 1030. The fourth-order valence-electron chi connectivity index (χ4n) is 3.07. The first kappa shape index (κ1) is 20.3. The van der Waals surface area contributed by atoms with Crippen LogP contribution < -0.4 is 5.32 Å². The minimum Gasteiger partial charge on any atom is -0.458 e. The van der Waals surface area contributed by atoms with E-state index in [1.165, 1.54) is 0 Å². The van der Waals surface area contributed by atoms with Gasteiger partial charge in [-0.1, -0.05) is 18.2 Å². The van der Waals surface area contributed by atoms with Gasteiger partial charge in [0.25, 0.3) is 5.91 Å². The third kappa shape index (κ3) is 4.21. The summed E-state index contributed by atoms with van der Waals surface area (Å²) < 4.78 is 8.56. The number of aromatic nitrogens is 4. The van der Waals surface area contributed by atoms with Crippen LogP contribution in [0.4, 0.5) is 5.69 Å². The zero-order valence-corrected chi connectivity index (χ0v) is 17.3. The van der Waals surface area contributed by atoms with Crippen molar-refractivity contribution in [3.63, 3.8) is 0 Å². The summed E-state index contributed by atoms with van der Waals surface area (Å²) in [5, 5.41) is 11.5. The van der Waals surface area contributed by atoms with Crippen molar-refractivity contribution in [2.75, 3.05) is 5.32 Å². The second kappa shape index (κ2) is 8.30. The quantitative estimate of drug-likeness (QED) is 0.645. The average Bonchev–Trinajstić information content (AvgIpc) is 3.22. The molecule has 1 aromatic carbocycles. The molecule has 0 unspecified atom stereocenters. The van der Waals surface area contributed by atoms with Crippen LogP contribution >= 0.6 is 0 Å². The van der Waals surface area contributed by atoms with Crippen LogP contribution in [0.2, 0.25) is 0 Å². The summed E-state index contributed by atoms with van der Waals surface area (Å²) in [5.41, 5.74) is 3.03.